The highest BCUT2D eigenvalue weighted by Crippen LogP contribution is 2.42. The molecule has 0 aliphatic heterocycles. The standard InChI is InChI=1S/C23H29BCl2N2O4/c1-28(18-7-4-15(5-8-18)16-6-9-20(25)21(26)12-16)19-13-17(14-19)23(27,22(29)30)10-2-3-11-24(31)32/h4-9,12,17,19,31-32H,2-3,10-11,13-14,27H2,1H3,(H,29,30)/t17?,19?,23-/m0/s1. The summed E-state index contributed by atoms with van der Waals surface area (Å²) in [5.74, 6) is -1.10. The van der Waals surface area contributed by atoms with E-state index in [1.807, 2.05) is 43.4 Å². The second kappa shape index (κ2) is 10.4. The number of hydrogen-bond donors (Lipinski definition) is 4. The SMILES string of the molecule is CN(c1ccc(-c2ccc(Cl)c(Cl)c2)cc1)C1CC([C@@](N)(CCCCB(O)O)C(=O)O)C1. The third kappa shape index (κ3) is 5.59. The first-order chi connectivity index (χ1) is 15.1. The quantitative estimate of drug-likeness (QED) is 0.299. The van der Waals surface area contributed by atoms with E-state index in [0.29, 0.717) is 42.1 Å². The Labute approximate surface area is 199 Å². The molecule has 1 aliphatic carbocycles. The average molecular weight is 479 g/mol. The highest BCUT2D eigenvalue weighted by molar-refractivity contribution is 6.42. The van der Waals surface area contributed by atoms with Crippen molar-refractivity contribution in [3.8, 4) is 11.1 Å². The van der Waals surface area contributed by atoms with Gasteiger partial charge in [-0.3, -0.25) is 4.79 Å². The van der Waals surface area contributed by atoms with E-state index < -0.39 is 18.6 Å². The number of anilines is 1. The second-order valence-corrected chi connectivity index (χ2v) is 9.50. The summed E-state index contributed by atoms with van der Waals surface area (Å²) >= 11 is 12.1. The van der Waals surface area contributed by atoms with Crippen molar-refractivity contribution in [3.05, 3.63) is 52.5 Å². The molecule has 1 fully saturated rings. The van der Waals surface area contributed by atoms with E-state index in [1.165, 1.54) is 0 Å². The van der Waals surface area contributed by atoms with Gasteiger partial charge < -0.3 is 25.8 Å². The zero-order valence-corrected chi connectivity index (χ0v) is 19.6. The van der Waals surface area contributed by atoms with Gasteiger partial charge in [0.25, 0.3) is 0 Å². The molecule has 32 heavy (non-hydrogen) atoms. The van der Waals surface area contributed by atoms with Crippen molar-refractivity contribution in [2.24, 2.45) is 11.7 Å². The lowest BCUT2D eigenvalue weighted by molar-refractivity contribution is -0.147. The average Bonchev–Trinajstić information content (AvgIpc) is 2.72. The van der Waals surface area contributed by atoms with Crippen molar-refractivity contribution < 1.29 is 19.9 Å². The van der Waals surface area contributed by atoms with Crippen LogP contribution in [0.5, 0.6) is 0 Å². The summed E-state index contributed by atoms with van der Waals surface area (Å²) in [6, 6.07) is 13.9. The van der Waals surface area contributed by atoms with Gasteiger partial charge in [0, 0.05) is 18.8 Å². The Kier molecular flexibility index (Phi) is 8.12. The summed E-state index contributed by atoms with van der Waals surface area (Å²) in [6.07, 6.45) is 3.05. The Morgan fingerprint density at radius 2 is 1.72 bits per heavy atom. The minimum Gasteiger partial charge on any atom is -0.480 e. The Morgan fingerprint density at radius 3 is 2.28 bits per heavy atom. The highest BCUT2D eigenvalue weighted by atomic mass is 35.5. The number of rotatable bonds is 10. The van der Waals surface area contributed by atoms with Gasteiger partial charge in [0.05, 0.1) is 10.0 Å². The van der Waals surface area contributed by atoms with Crippen LogP contribution in [0.3, 0.4) is 0 Å². The summed E-state index contributed by atoms with van der Waals surface area (Å²) in [6.45, 7) is 0. The van der Waals surface area contributed by atoms with Crippen molar-refractivity contribution in [1.82, 2.24) is 0 Å². The Bertz CT molecular complexity index is 938. The molecule has 0 heterocycles. The molecule has 5 N–H and O–H groups in total. The van der Waals surface area contributed by atoms with Crippen LogP contribution >= 0.6 is 23.2 Å². The molecule has 9 heteroatoms. The van der Waals surface area contributed by atoms with Gasteiger partial charge in [-0.15, -0.1) is 0 Å². The van der Waals surface area contributed by atoms with E-state index in [-0.39, 0.29) is 18.3 Å². The third-order valence-electron chi connectivity index (χ3n) is 6.62. The molecule has 1 saturated carbocycles. The van der Waals surface area contributed by atoms with Crippen molar-refractivity contribution in [2.45, 2.75) is 50.0 Å². The number of nitrogens with two attached hydrogens (primary N) is 1. The molecule has 172 valence electrons. The van der Waals surface area contributed by atoms with Gasteiger partial charge in [-0.2, -0.15) is 0 Å². The molecule has 0 spiro atoms. The van der Waals surface area contributed by atoms with Gasteiger partial charge in [-0.25, -0.2) is 0 Å². The number of aliphatic carboxylic acids is 1. The summed E-state index contributed by atoms with van der Waals surface area (Å²) < 4.78 is 0. The molecular formula is C23H29BCl2N2O4. The molecule has 6 nitrogen and oxygen atoms in total. The molecule has 0 bridgehead atoms. The molecule has 0 aromatic heterocycles. The maximum atomic E-state index is 11.9. The molecule has 2 aromatic rings. The molecule has 0 saturated heterocycles. The molecule has 0 amide bonds. The van der Waals surface area contributed by atoms with Crippen LogP contribution in [0.15, 0.2) is 42.5 Å². The van der Waals surface area contributed by atoms with Gasteiger partial charge in [-0.1, -0.05) is 54.2 Å². The number of unbranched alkanes of at least 4 members (excludes halogenated alkanes) is 1. The summed E-state index contributed by atoms with van der Waals surface area (Å²) in [4.78, 5) is 14.1. The number of benzene rings is 2. The molecule has 0 radical (unpaired) electrons. The normalized spacial score (nSPS) is 19.7. The molecule has 1 aliphatic rings. The molecule has 0 unspecified atom stereocenters. The van der Waals surface area contributed by atoms with Gasteiger partial charge in [-0.05, 0) is 66.9 Å². The lowest BCUT2D eigenvalue weighted by Crippen LogP contribution is -2.61. The number of carboxylic acids is 1. The predicted octanol–water partition coefficient (Wildman–Crippen LogP) is 4.30. The molecule has 1 atom stereocenters. The molecule has 3 rings (SSSR count). The fourth-order valence-electron chi connectivity index (χ4n) is 4.33. The van der Waals surface area contributed by atoms with Crippen molar-refractivity contribution in [3.63, 3.8) is 0 Å². The monoisotopic (exact) mass is 478 g/mol. The fraction of sp³-hybridized carbons (Fsp3) is 0.435. The van der Waals surface area contributed by atoms with Gasteiger partial charge in [0.15, 0.2) is 0 Å². The largest absolute Gasteiger partial charge is 0.480 e. The number of carboxylic acid groups (broad SMARTS) is 1. The fourth-order valence-corrected chi connectivity index (χ4v) is 4.63. The predicted molar refractivity (Wildman–Crippen MR) is 130 cm³/mol. The van der Waals surface area contributed by atoms with E-state index in [4.69, 9.17) is 39.0 Å². The van der Waals surface area contributed by atoms with Crippen LogP contribution in [0, 0.1) is 5.92 Å². The maximum Gasteiger partial charge on any atom is 0.451 e. The van der Waals surface area contributed by atoms with E-state index in [1.54, 1.807) is 6.07 Å². The third-order valence-corrected chi connectivity index (χ3v) is 7.36. The first kappa shape index (κ1) is 24.9. The Hall–Kier alpha value is -1.77. The van der Waals surface area contributed by atoms with Crippen LogP contribution in [-0.2, 0) is 4.79 Å². The van der Waals surface area contributed by atoms with E-state index in [2.05, 4.69) is 4.90 Å². The van der Waals surface area contributed by atoms with E-state index in [0.717, 1.165) is 16.8 Å². The first-order valence-corrected chi connectivity index (χ1v) is 11.5. The minimum atomic E-state index is -1.36. The minimum absolute atomic E-state index is 0.109. The van der Waals surface area contributed by atoms with Crippen LogP contribution in [-0.4, -0.2) is 46.9 Å². The van der Waals surface area contributed by atoms with Crippen LogP contribution < -0.4 is 10.6 Å². The second-order valence-electron chi connectivity index (χ2n) is 8.68. The van der Waals surface area contributed by atoms with Gasteiger partial charge in [0.1, 0.15) is 5.54 Å². The highest BCUT2D eigenvalue weighted by Gasteiger charge is 2.49. The lowest BCUT2D eigenvalue weighted by atomic mass is 9.65. The first-order valence-electron chi connectivity index (χ1n) is 10.8. The van der Waals surface area contributed by atoms with Crippen LogP contribution in [0.25, 0.3) is 11.1 Å². The topological polar surface area (TPSA) is 107 Å². The summed E-state index contributed by atoms with van der Waals surface area (Å²) in [5, 5.41) is 28.7. The summed E-state index contributed by atoms with van der Waals surface area (Å²) in [5.41, 5.74) is 8.09. The lowest BCUT2D eigenvalue weighted by Gasteiger charge is -2.48. The molecular weight excluding hydrogens is 450 g/mol. The van der Waals surface area contributed by atoms with E-state index in [9.17, 15) is 9.90 Å². The van der Waals surface area contributed by atoms with Gasteiger partial charge >= 0.3 is 13.1 Å². The van der Waals surface area contributed by atoms with Gasteiger partial charge in [0.2, 0.25) is 0 Å². The molecule has 2 aromatic carbocycles. The zero-order chi connectivity index (χ0) is 23.5. The van der Waals surface area contributed by atoms with Crippen molar-refractivity contribution >= 4 is 42.0 Å². The smallest absolute Gasteiger partial charge is 0.451 e. The zero-order valence-electron chi connectivity index (χ0n) is 18.0. The summed E-state index contributed by atoms with van der Waals surface area (Å²) in [7, 11) is 0.646. The number of nitrogens with zero attached hydrogens (tertiary/aromatic N) is 1. The van der Waals surface area contributed by atoms with Crippen LogP contribution in [0.4, 0.5) is 5.69 Å². The Balaban J connectivity index is 1.59. The van der Waals surface area contributed by atoms with E-state index >= 15 is 0 Å². The maximum absolute atomic E-state index is 11.9. The number of carbonyl (C=O) groups is 1. The number of hydrogen-bond acceptors (Lipinski definition) is 5. The van der Waals surface area contributed by atoms with Crippen LogP contribution in [0.1, 0.15) is 32.1 Å². The number of halogens is 2. The van der Waals surface area contributed by atoms with Crippen molar-refractivity contribution in [1.29, 1.82) is 0 Å². The van der Waals surface area contributed by atoms with Crippen LogP contribution in [0.2, 0.25) is 16.4 Å². The Morgan fingerprint density at radius 1 is 1.09 bits per heavy atom. The van der Waals surface area contributed by atoms with Crippen molar-refractivity contribution in [2.75, 3.05) is 11.9 Å².